The van der Waals surface area contributed by atoms with E-state index in [1.807, 2.05) is 45.8 Å². The van der Waals surface area contributed by atoms with Crippen molar-refractivity contribution in [2.75, 3.05) is 34.3 Å². The molecule has 1 aliphatic heterocycles. The summed E-state index contributed by atoms with van der Waals surface area (Å²) in [5.41, 5.74) is 1.75. The summed E-state index contributed by atoms with van der Waals surface area (Å²) in [6.07, 6.45) is 0.672. The number of nitrogens with zero attached hydrogens (tertiary/aromatic N) is 2. The summed E-state index contributed by atoms with van der Waals surface area (Å²) >= 11 is 0. The second kappa shape index (κ2) is 9.89. The number of hydrogen-bond donors (Lipinski definition) is 2. The first-order valence-corrected chi connectivity index (χ1v) is 11.4. The van der Waals surface area contributed by atoms with Gasteiger partial charge in [-0.15, -0.1) is 0 Å². The van der Waals surface area contributed by atoms with Gasteiger partial charge < -0.3 is 24.7 Å². The molecule has 7 heteroatoms. The first-order valence-electron chi connectivity index (χ1n) is 11.4. The Morgan fingerprint density at radius 3 is 2.29 bits per heavy atom. The van der Waals surface area contributed by atoms with Crippen LogP contribution in [0, 0.1) is 0 Å². The molecule has 7 nitrogen and oxygen atoms in total. The maximum Gasteiger partial charge on any atom is 0.295 e. The van der Waals surface area contributed by atoms with Crippen LogP contribution in [0.5, 0.6) is 11.5 Å². The molecule has 1 heterocycles. The number of carbonyl (C=O) groups excluding carboxylic acids is 2. The number of amides is 1. The van der Waals surface area contributed by atoms with Crippen LogP contribution in [0.2, 0.25) is 0 Å². The topological polar surface area (TPSA) is 90.3 Å². The van der Waals surface area contributed by atoms with Crippen LogP contribution >= 0.6 is 0 Å². The molecule has 182 valence electrons. The highest BCUT2D eigenvalue weighted by Gasteiger charge is 2.45. The van der Waals surface area contributed by atoms with Gasteiger partial charge in [0.2, 0.25) is 0 Å². The number of methoxy groups -OCH3 is 1. The molecule has 1 fully saturated rings. The SMILES string of the molecule is COc1ccc(/C(O)=C2/C(=O)C(=O)N(CCCN(C)C)C2c2ccc(O)cc2)cc1C(C)(C)C. The summed E-state index contributed by atoms with van der Waals surface area (Å²) < 4.78 is 5.50. The summed E-state index contributed by atoms with van der Waals surface area (Å²) in [5, 5.41) is 21.1. The van der Waals surface area contributed by atoms with Crippen molar-refractivity contribution in [3.63, 3.8) is 0 Å². The summed E-state index contributed by atoms with van der Waals surface area (Å²) in [6.45, 7) is 7.22. The Bertz CT molecular complexity index is 1100. The molecule has 1 saturated heterocycles. The Hall–Kier alpha value is -3.32. The molecule has 0 aliphatic carbocycles. The van der Waals surface area contributed by atoms with Crippen LogP contribution in [0.1, 0.15) is 49.9 Å². The highest BCUT2D eigenvalue weighted by atomic mass is 16.5. The third-order valence-electron chi connectivity index (χ3n) is 6.03. The number of hydrogen-bond acceptors (Lipinski definition) is 6. The summed E-state index contributed by atoms with van der Waals surface area (Å²) in [4.78, 5) is 29.8. The van der Waals surface area contributed by atoms with Gasteiger partial charge in [0.25, 0.3) is 11.7 Å². The van der Waals surface area contributed by atoms with E-state index in [4.69, 9.17) is 4.74 Å². The van der Waals surface area contributed by atoms with E-state index in [9.17, 15) is 19.8 Å². The molecule has 2 aromatic carbocycles. The van der Waals surface area contributed by atoms with Gasteiger partial charge in [-0.3, -0.25) is 9.59 Å². The van der Waals surface area contributed by atoms with Gasteiger partial charge in [0.1, 0.15) is 17.3 Å². The van der Waals surface area contributed by atoms with Crippen LogP contribution in [0.15, 0.2) is 48.0 Å². The highest BCUT2D eigenvalue weighted by Crippen LogP contribution is 2.41. The molecule has 0 spiro atoms. The second-order valence-electron chi connectivity index (χ2n) is 9.91. The first-order chi connectivity index (χ1) is 16.0. The van der Waals surface area contributed by atoms with Crippen LogP contribution in [-0.4, -0.2) is 66.0 Å². The normalized spacial score (nSPS) is 18.1. The van der Waals surface area contributed by atoms with Gasteiger partial charge in [0, 0.05) is 17.7 Å². The molecule has 0 radical (unpaired) electrons. The van der Waals surface area contributed by atoms with Crippen molar-refractivity contribution >= 4 is 17.4 Å². The van der Waals surface area contributed by atoms with Gasteiger partial charge in [0.05, 0.1) is 18.7 Å². The molecule has 1 amide bonds. The monoisotopic (exact) mass is 466 g/mol. The van der Waals surface area contributed by atoms with E-state index in [1.54, 1.807) is 31.4 Å². The molecule has 1 aliphatic rings. The maximum absolute atomic E-state index is 13.2. The summed E-state index contributed by atoms with van der Waals surface area (Å²) in [5.74, 6) is -0.808. The highest BCUT2D eigenvalue weighted by molar-refractivity contribution is 6.46. The van der Waals surface area contributed by atoms with E-state index in [-0.39, 0.29) is 22.5 Å². The molecule has 0 aromatic heterocycles. The predicted octanol–water partition coefficient (Wildman–Crippen LogP) is 4.07. The largest absolute Gasteiger partial charge is 0.508 e. The van der Waals surface area contributed by atoms with Crippen LogP contribution in [0.25, 0.3) is 5.76 Å². The zero-order chi connectivity index (χ0) is 25.2. The number of phenolic OH excluding ortho intramolecular Hbond substituents is 1. The van der Waals surface area contributed by atoms with E-state index in [0.717, 1.165) is 12.1 Å². The fourth-order valence-electron chi connectivity index (χ4n) is 4.27. The number of benzene rings is 2. The quantitative estimate of drug-likeness (QED) is 0.363. The Balaban J connectivity index is 2.15. The lowest BCUT2D eigenvalue weighted by atomic mass is 9.84. The number of Topliss-reactive ketones (excluding diaryl/α,β-unsaturated/α-hetero) is 1. The number of carbonyl (C=O) groups is 2. The molecule has 1 unspecified atom stereocenters. The molecule has 1 atom stereocenters. The number of rotatable bonds is 7. The first kappa shape index (κ1) is 25.3. The fraction of sp³-hybridized carbons (Fsp3) is 0.407. The van der Waals surface area contributed by atoms with Gasteiger partial charge in [-0.1, -0.05) is 32.9 Å². The van der Waals surface area contributed by atoms with Gasteiger partial charge in [-0.05, 0) is 68.4 Å². The second-order valence-corrected chi connectivity index (χ2v) is 9.91. The van der Waals surface area contributed by atoms with Gasteiger partial charge in [-0.25, -0.2) is 0 Å². The standard InChI is InChI=1S/C27H34N2O5/c1-27(2,3)20-16-18(10-13-21(20)34-6)24(31)22-23(17-8-11-19(30)12-9-17)29(26(33)25(22)32)15-7-14-28(4)5/h8-13,16,23,30-31H,7,14-15H2,1-6H3/b24-22-. The van der Waals surface area contributed by atoms with Gasteiger partial charge >= 0.3 is 0 Å². The third kappa shape index (κ3) is 5.09. The molecular weight excluding hydrogens is 432 g/mol. The number of aliphatic hydroxyl groups is 1. The number of ether oxygens (including phenoxy) is 1. The smallest absolute Gasteiger partial charge is 0.295 e. The molecule has 0 bridgehead atoms. The van der Waals surface area contributed by atoms with Crippen LogP contribution in [0.3, 0.4) is 0 Å². The van der Waals surface area contributed by atoms with E-state index in [0.29, 0.717) is 29.8 Å². The van der Waals surface area contributed by atoms with Crippen molar-refractivity contribution in [2.24, 2.45) is 0 Å². The Morgan fingerprint density at radius 1 is 1.09 bits per heavy atom. The summed E-state index contributed by atoms with van der Waals surface area (Å²) in [7, 11) is 5.48. The Kier molecular flexibility index (Phi) is 7.36. The van der Waals surface area contributed by atoms with Crippen LogP contribution in [-0.2, 0) is 15.0 Å². The minimum absolute atomic E-state index is 0.0468. The zero-order valence-electron chi connectivity index (χ0n) is 20.8. The van der Waals surface area contributed by atoms with Gasteiger partial charge in [0.15, 0.2) is 0 Å². The molecule has 3 rings (SSSR count). The molecular formula is C27H34N2O5. The van der Waals surface area contributed by atoms with E-state index in [2.05, 4.69) is 0 Å². The number of phenols is 1. The van der Waals surface area contributed by atoms with E-state index < -0.39 is 17.7 Å². The van der Waals surface area contributed by atoms with E-state index in [1.165, 1.54) is 17.0 Å². The molecule has 0 saturated carbocycles. The van der Waals surface area contributed by atoms with Crippen LogP contribution in [0.4, 0.5) is 0 Å². The zero-order valence-corrected chi connectivity index (χ0v) is 20.8. The van der Waals surface area contributed by atoms with Crippen molar-refractivity contribution in [2.45, 2.75) is 38.6 Å². The van der Waals surface area contributed by atoms with Gasteiger partial charge in [-0.2, -0.15) is 0 Å². The van der Waals surface area contributed by atoms with Crippen molar-refractivity contribution in [1.82, 2.24) is 9.80 Å². The Morgan fingerprint density at radius 2 is 1.74 bits per heavy atom. The lowest BCUT2D eigenvalue weighted by Gasteiger charge is -2.26. The predicted molar refractivity (Wildman–Crippen MR) is 132 cm³/mol. The molecule has 2 aromatic rings. The number of aliphatic hydroxyl groups excluding tert-OH is 1. The number of ketones is 1. The van der Waals surface area contributed by atoms with Crippen molar-refractivity contribution < 1.29 is 24.5 Å². The molecule has 2 N–H and O–H groups in total. The van der Waals surface area contributed by atoms with E-state index >= 15 is 0 Å². The van der Waals surface area contributed by atoms with Crippen molar-refractivity contribution in [1.29, 1.82) is 0 Å². The maximum atomic E-state index is 13.2. The lowest BCUT2D eigenvalue weighted by Crippen LogP contribution is -2.32. The number of aromatic hydroxyl groups is 1. The van der Waals surface area contributed by atoms with Crippen LogP contribution < -0.4 is 4.74 Å². The van der Waals surface area contributed by atoms with Crippen molar-refractivity contribution in [3.8, 4) is 11.5 Å². The average Bonchev–Trinajstić information content (AvgIpc) is 3.03. The average molecular weight is 467 g/mol. The third-order valence-corrected chi connectivity index (χ3v) is 6.03. The Labute approximate surface area is 201 Å². The minimum Gasteiger partial charge on any atom is -0.508 e. The van der Waals surface area contributed by atoms with Crippen molar-refractivity contribution in [3.05, 3.63) is 64.7 Å². The minimum atomic E-state index is -0.747. The lowest BCUT2D eigenvalue weighted by molar-refractivity contribution is -0.139. The number of likely N-dealkylation sites (tertiary alicyclic amines) is 1. The molecule has 34 heavy (non-hydrogen) atoms. The fourth-order valence-corrected chi connectivity index (χ4v) is 4.27. The summed E-state index contributed by atoms with van der Waals surface area (Å²) in [6, 6.07) is 10.9.